The molecule has 3 aromatic heterocycles. The van der Waals surface area contributed by atoms with Gasteiger partial charge in [-0.2, -0.15) is 4.99 Å². The largest absolute Gasteiger partial charge is 0.497 e. The van der Waals surface area contributed by atoms with Gasteiger partial charge in [0.25, 0.3) is 0 Å². The first-order valence-electron chi connectivity index (χ1n) is 14.1. The molecule has 0 saturated carbocycles. The molecule has 0 radical (unpaired) electrons. The highest BCUT2D eigenvalue weighted by Gasteiger charge is 2.34. The topological polar surface area (TPSA) is 160 Å². The summed E-state index contributed by atoms with van der Waals surface area (Å²) in [5.41, 5.74) is 6.70. The number of aliphatic hydroxyl groups is 4. The van der Waals surface area contributed by atoms with Gasteiger partial charge in [0.15, 0.2) is 0 Å². The van der Waals surface area contributed by atoms with Gasteiger partial charge in [0, 0.05) is 33.2 Å². The number of thiocarbonyl (C=S) groups is 1. The molecular weight excluding hydrogens is 590 g/mol. The lowest BCUT2D eigenvalue weighted by molar-refractivity contribution is 0.0254. The second-order valence-electron chi connectivity index (χ2n) is 10.8. The minimum Gasteiger partial charge on any atom is -0.497 e. The monoisotopic (exact) mass is 617 g/mol. The Balaban J connectivity index is 1.63. The first kappa shape index (κ1) is 28.8. The van der Waals surface area contributed by atoms with Gasteiger partial charge in [0.2, 0.25) is 0 Å². The number of ether oxygens (including phenoxy) is 1. The average Bonchev–Trinajstić information content (AvgIpc) is 3.82. The van der Waals surface area contributed by atoms with Crippen LogP contribution in [-0.2, 0) is 0 Å². The van der Waals surface area contributed by atoms with Crippen molar-refractivity contribution in [3.63, 3.8) is 0 Å². The second kappa shape index (κ2) is 11.5. The zero-order valence-electron chi connectivity index (χ0n) is 23.8. The molecule has 8 bridgehead atoms. The number of hydrogen-bond donors (Lipinski definition) is 6. The Kier molecular flexibility index (Phi) is 7.34. The van der Waals surface area contributed by atoms with E-state index < -0.39 is 24.4 Å². The normalized spacial score (nSPS) is 19.2. The molecule has 2 aromatic carbocycles. The predicted molar refractivity (Wildman–Crippen MR) is 173 cm³/mol. The molecule has 0 saturated heterocycles. The van der Waals surface area contributed by atoms with Crippen LogP contribution in [0.2, 0.25) is 0 Å². The third-order valence-electron chi connectivity index (χ3n) is 8.05. The van der Waals surface area contributed by atoms with Crippen LogP contribution in [0.5, 0.6) is 5.75 Å². The molecule has 10 nitrogen and oxygen atoms in total. The fraction of sp³-hybridized carbons (Fsp3) is 0.147. The van der Waals surface area contributed by atoms with E-state index >= 15 is 0 Å². The van der Waals surface area contributed by atoms with Crippen LogP contribution < -0.4 is 4.74 Å². The molecule has 2 aliphatic rings. The summed E-state index contributed by atoms with van der Waals surface area (Å²) in [4.78, 5) is 20.2. The minimum atomic E-state index is -1.36. The molecule has 4 atom stereocenters. The third kappa shape index (κ3) is 5.13. The SMILES string of the molecule is COc1ccc(-c2c3nc(c(-c4ccc(N=C=S)cc4)c4ccc(cc5nc(cc6ccc2[nH]6)C(O)C5O)[nH]4)C(O)C3O)cc1. The quantitative estimate of drug-likeness (QED) is 0.107. The maximum absolute atomic E-state index is 11.6. The van der Waals surface area contributed by atoms with Crippen molar-refractivity contribution in [1.82, 2.24) is 19.9 Å². The lowest BCUT2D eigenvalue weighted by Crippen LogP contribution is -2.05. The van der Waals surface area contributed by atoms with E-state index in [-0.39, 0.29) is 11.4 Å². The standard InChI is InChI=1S/C34H27N5O5S/c1-44-22-10-4-18(5-11-22)28-24-13-9-21(37-24)15-26-32(41)31(40)25(38-26)14-20-8-12-23(36-20)27(29-33(42)34(43)30(28)39-29)17-2-6-19(7-3-17)35-16-45/h2-15,31-34,36-37,40-43H,1H3. The summed E-state index contributed by atoms with van der Waals surface area (Å²) in [5.74, 6) is 0.657. The summed E-state index contributed by atoms with van der Waals surface area (Å²) in [6.07, 6.45) is -5.16. The zero-order chi connectivity index (χ0) is 31.2. The number of benzene rings is 2. The molecule has 4 unspecified atom stereocenters. The Labute approximate surface area is 262 Å². The van der Waals surface area contributed by atoms with Gasteiger partial charge in [-0.1, -0.05) is 24.3 Å². The van der Waals surface area contributed by atoms with Crippen molar-refractivity contribution in [2.45, 2.75) is 24.4 Å². The van der Waals surface area contributed by atoms with Gasteiger partial charge < -0.3 is 35.1 Å². The van der Waals surface area contributed by atoms with Gasteiger partial charge in [-0.05, 0) is 84.0 Å². The van der Waals surface area contributed by atoms with Crippen LogP contribution in [-0.4, -0.2) is 52.6 Å². The fourth-order valence-corrected chi connectivity index (χ4v) is 5.91. The van der Waals surface area contributed by atoms with Crippen molar-refractivity contribution in [2.24, 2.45) is 4.99 Å². The Hall–Kier alpha value is -5.00. The van der Waals surface area contributed by atoms with Crippen LogP contribution in [0.1, 0.15) is 47.2 Å². The lowest BCUT2D eigenvalue weighted by Gasteiger charge is -2.13. The summed E-state index contributed by atoms with van der Waals surface area (Å²) in [7, 11) is 1.58. The molecule has 45 heavy (non-hydrogen) atoms. The summed E-state index contributed by atoms with van der Waals surface area (Å²) < 4.78 is 5.36. The highest BCUT2D eigenvalue weighted by molar-refractivity contribution is 7.78. The third-order valence-corrected chi connectivity index (χ3v) is 8.14. The summed E-state index contributed by atoms with van der Waals surface area (Å²) in [6.45, 7) is 0. The van der Waals surface area contributed by atoms with Gasteiger partial charge in [-0.15, -0.1) is 0 Å². The van der Waals surface area contributed by atoms with E-state index in [1.165, 1.54) is 0 Å². The van der Waals surface area contributed by atoms with Crippen LogP contribution in [0.25, 0.3) is 44.3 Å². The smallest absolute Gasteiger partial charge is 0.128 e. The van der Waals surface area contributed by atoms with Gasteiger partial charge in [-0.25, -0.2) is 0 Å². The van der Waals surface area contributed by atoms with Gasteiger partial charge >= 0.3 is 0 Å². The number of nitrogens with one attached hydrogen (secondary N) is 2. The number of fused-ring (bicyclic) bond motifs is 8. The highest BCUT2D eigenvalue weighted by atomic mass is 32.1. The average molecular weight is 618 g/mol. The van der Waals surface area contributed by atoms with Crippen molar-refractivity contribution in [3.8, 4) is 28.0 Å². The van der Waals surface area contributed by atoms with Gasteiger partial charge in [-0.3, -0.25) is 9.97 Å². The number of aromatic amines is 2. The van der Waals surface area contributed by atoms with E-state index in [2.05, 4.69) is 25.1 Å². The summed E-state index contributed by atoms with van der Waals surface area (Å²) in [5, 5.41) is 47.2. The molecule has 224 valence electrons. The lowest BCUT2D eigenvalue weighted by atomic mass is 9.97. The predicted octanol–water partition coefficient (Wildman–Crippen LogP) is 5.93. The van der Waals surface area contributed by atoms with Crippen LogP contribution in [0.15, 0.2) is 89.9 Å². The Morgan fingerprint density at radius 2 is 1.16 bits per heavy atom. The van der Waals surface area contributed by atoms with Gasteiger partial charge in [0.1, 0.15) is 30.2 Å². The van der Waals surface area contributed by atoms with E-state index in [0.717, 1.165) is 5.56 Å². The fourth-order valence-electron chi connectivity index (χ4n) is 5.81. The van der Waals surface area contributed by atoms with E-state index in [1.54, 1.807) is 49.6 Å². The molecule has 0 amide bonds. The molecule has 7 rings (SSSR count). The highest BCUT2D eigenvalue weighted by Crippen LogP contribution is 2.44. The van der Waals surface area contributed by atoms with E-state index in [1.807, 2.05) is 42.5 Å². The summed E-state index contributed by atoms with van der Waals surface area (Å²) >= 11 is 4.75. The number of methoxy groups -OCH3 is 1. The first-order chi connectivity index (χ1) is 21.8. The van der Waals surface area contributed by atoms with E-state index in [4.69, 9.17) is 21.9 Å². The van der Waals surface area contributed by atoms with Crippen molar-refractivity contribution in [1.29, 1.82) is 0 Å². The molecule has 5 aromatic rings. The number of nitrogens with zero attached hydrogens (tertiary/aromatic N) is 3. The maximum atomic E-state index is 11.6. The maximum Gasteiger partial charge on any atom is 0.128 e. The Morgan fingerprint density at radius 1 is 0.667 bits per heavy atom. The van der Waals surface area contributed by atoms with E-state index in [0.29, 0.717) is 61.6 Å². The van der Waals surface area contributed by atoms with Crippen molar-refractivity contribution in [3.05, 3.63) is 108 Å². The minimum absolute atomic E-state index is 0.262. The van der Waals surface area contributed by atoms with Crippen LogP contribution in [0, 0.1) is 0 Å². The molecule has 5 heterocycles. The van der Waals surface area contributed by atoms with Crippen molar-refractivity contribution < 1.29 is 25.2 Å². The van der Waals surface area contributed by atoms with Gasteiger partial charge in [0.05, 0.1) is 40.7 Å². The second-order valence-corrected chi connectivity index (χ2v) is 11.0. The van der Waals surface area contributed by atoms with E-state index in [9.17, 15) is 20.4 Å². The van der Waals surface area contributed by atoms with Crippen molar-refractivity contribution in [2.75, 3.05) is 7.11 Å². The molecular formula is C34H27N5O5S. The number of isothiocyanates is 1. The number of aliphatic hydroxyl groups excluding tert-OH is 4. The molecule has 0 spiro atoms. The first-order valence-corrected chi connectivity index (χ1v) is 14.5. The number of aliphatic imine (C=N–C) groups is 1. The zero-order valence-corrected chi connectivity index (χ0v) is 24.7. The molecule has 11 heteroatoms. The Morgan fingerprint density at radius 3 is 1.62 bits per heavy atom. The van der Waals surface area contributed by atoms with Crippen molar-refractivity contribution >= 4 is 45.1 Å². The number of rotatable bonds is 4. The number of H-pyrrole nitrogens is 2. The van der Waals surface area contributed by atoms with Crippen LogP contribution in [0.3, 0.4) is 0 Å². The number of hydrogen-bond acceptors (Lipinski definition) is 9. The molecule has 0 fully saturated rings. The number of aromatic nitrogens is 4. The molecule has 2 aliphatic heterocycles. The molecule has 0 aliphatic carbocycles. The Bertz CT molecular complexity index is 2140. The molecule has 6 N–H and O–H groups in total. The van der Waals surface area contributed by atoms with Crippen LogP contribution >= 0.6 is 12.2 Å². The summed E-state index contributed by atoms with van der Waals surface area (Å²) in [6, 6.07) is 25.1. The van der Waals surface area contributed by atoms with Crippen LogP contribution in [0.4, 0.5) is 5.69 Å².